The van der Waals surface area contributed by atoms with E-state index in [0.29, 0.717) is 45.0 Å². The fourth-order valence-corrected chi connectivity index (χ4v) is 7.45. The van der Waals surface area contributed by atoms with Crippen molar-refractivity contribution >= 4 is 23.5 Å². The average Bonchev–Trinajstić information content (AvgIpc) is 3.62. The molecule has 6 rings (SSSR count). The molecular formula is C37H33F8N3O6. The van der Waals surface area contributed by atoms with Gasteiger partial charge in [-0.15, -0.1) is 0 Å². The van der Waals surface area contributed by atoms with E-state index in [-0.39, 0.29) is 59.1 Å². The molecule has 3 N–H and O–H groups in total. The number of carbonyl (C=O) groups excluding carboxylic acids is 2. The summed E-state index contributed by atoms with van der Waals surface area (Å²) in [5.74, 6) is -9.09. The van der Waals surface area contributed by atoms with Gasteiger partial charge in [-0.3, -0.25) is 14.5 Å². The van der Waals surface area contributed by atoms with Crippen LogP contribution in [0.2, 0.25) is 0 Å². The predicted octanol–water partition coefficient (Wildman–Crippen LogP) is 6.94. The summed E-state index contributed by atoms with van der Waals surface area (Å²) in [4.78, 5) is 41.6. The second kappa shape index (κ2) is 15.4. The first-order chi connectivity index (χ1) is 25.5. The van der Waals surface area contributed by atoms with Crippen LogP contribution in [0, 0.1) is 29.4 Å². The van der Waals surface area contributed by atoms with Crippen LogP contribution in [0.15, 0.2) is 66.2 Å². The summed E-state index contributed by atoms with van der Waals surface area (Å²) < 4.78 is 122. The van der Waals surface area contributed by atoms with Crippen LogP contribution in [0.4, 0.5) is 40.8 Å². The molecule has 54 heavy (non-hydrogen) atoms. The number of ether oxygens (including phenoxy) is 2. The third-order valence-corrected chi connectivity index (χ3v) is 9.89. The van der Waals surface area contributed by atoms with E-state index < -0.39 is 76.8 Å². The summed E-state index contributed by atoms with van der Waals surface area (Å²) in [6, 6.07) is 7.51. The fraction of sp³-hybridized carbons (Fsp3) is 0.378. The van der Waals surface area contributed by atoms with Gasteiger partial charge in [-0.2, -0.15) is 26.3 Å². The zero-order valence-electron chi connectivity index (χ0n) is 28.2. The van der Waals surface area contributed by atoms with Crippen LogP contribution in [-0.2, 0) is 15.7 Å². The third kappa shape index (κ3) is 8.51. The number of alkyl halides is 6. The Labute approximate surface area is 302 Å². The van der Waals surface area contributed by atoms with Crippen molar-refractivity contribution in [2.24, 2.45) is 17.8 Å². The van der Waals surface area contributed by atoms with Crippen molar-refractivity contribution in [3.63, 3.8) is 0 Å². The van der Waals surface area contributed by atoms with Crippen molar-refractivity contribution in [1.82, 2.24) is 10.2 Å². The van der Waals surface area contributed by atoms with Crippen LogP contribution in [0.3, 0.4) is 0 Å². The minimum atomic E-state index is -5.11. The molecule has 1 saturated heterocycles. The first-order valence-corrected chi connectivity index (χ1v) is 16.9. The smallest absolute Gasteiger partial charge is 0.419 e. The molecule has 3 aliphatic rings. The normalized spacial score (nSPS) is 22.3. The van der Waals surface area contributed by atoms with Crippen LogP contribution in [0.25, 0.3) is 11.1 Å². The summed E-state index contributed by atoms with van der Waals surface area (Å²) in [6.07, 6.45) is -9.57. The molecule has 3 aromatic carbocycles. The Morgan fingerprint density at radius 3 is 2.30 bits per heavy atom. The molecule has 1 aliphatic heterocycles. The SMILES string of the molecule is O=C(O)c1ccc(F)c(-c2ccc(OCCN3CCOCC3)c(C(=O)N[C@@H]3C4CCC(/C4=C/C(F)(F)F)[C@@H]3C(=O)Nc3ccc(F)c(C(F)(F)F)c3)c2)c1. The Balaban J connectivity index is 1.34. The Hall–Kier alpha value is -5.03. The summed E-state index contributed by atoms with van der Waals surface area (Å²) in [5, 5.41) is 14.4. The molecule has 3 fully saturated rings. The number of carboxylic acid groups (broad SMARTS) is 1. The van der Waals surface area contributed by atoms with E-state index in [1.54, 1.807) is 0 Å². The molecule has 4 atom stereocenters. The minimum absolute atomic E-state index is 0.000476. The van der Waals surface area contributed by atoms with E-state index in [9.17, 15) is 50.2 Å². The predicted molar refractivity (Wildman–Crippen MR) is 177 cm³/mol. The van der Waals surface area contributed by atoms with E-state index in [1.165, 1.54) is 18.2 Å². The zero-order chi connectivity index (χ0) is 38.9. The molecule has 288 valence electrons. The molecule has 0 aromatic heterocycles. The van der Waals surface area contributed by atoms with Crippen LogP contribution in [-0.4, -0.2) is 79.5 Å². The van der Waals surface area contributed by atoms with Gasteiger partial charge >= 0.3 is 18.3 Å². The number of hydrogen-bond donors (Lipinski definition) is 3. The number of fused-ring (bicyclic) bond motifs is 2. The van der Waals surface area contributed by atoms with Gasteiger partial charge < -0.3 is 25.2 Å². The van der Waals surface area contributed by atoms with Crippen molar-refractivity contribution in [3.8, 4) is 16.9 Å². The number of halogens is 8. The van der Waals surface area contributed by atoms with E-state index in [0.717, 1.165) is 24.3 Å². The first kappa shape index (κ1) is 38.7. The number of hydrogen-bond acceptors (Lipinski definition) is 6. The maximum Gasteiger partial charge on any atom is 0.419 e. The number of nitrogens with zero attached hydrogens (tertiary/aromatic N) is 1. The van der Waals surface area contributed by atoms with Crippen molar-refractivity contribution in [3.05, 3.63) is 94.6 Å². The highest BCUT2D eigenvalue weighted by Gasteiger charge is 2.56. The zero-order valence-corrected chi connectivity index (χ0v) is 28.2. The van der Waals surface area contributed by atoms with Gasteiger partial charge in [0.15, 0.2) is 0 Å². The topological polar surface area (TPSA) is 117 Å². The molecule has 0 radical (unpaired) electrons. The quantitative estimate of drug-likeness (QED) is 0.151. The maximum atomic E-state index is 15.0. The van der Waals surface area contributed by atoms with Gasteiger partial charge in [0.25, 0.3) is 5.91 Å². The molecule has 2 unspecified atom stereocenters. The lowest BCUT2D eigenvalue weighted by molar-refractivity contribution is -0.140. The molecule has 2 aliphatic carbocycles. The molecule has 2 amide bonds. The van der Waals surface area contributed by atoms with Gasteiger partial charge in [0.1, 0.15) is 24.0 Å². The number of carboxylic acids is 1. The maximum absolute atomic E-state index is 15.0. The molecule has 17 heteroatoms. The van der Waals surface area contributed by atoms with Crippen LogP contribution in [0.5, 0.6) is 5.75 Å². The second-order valence-corrected chi connectivity index (χ2v) is 13.2. The fourth-order valence-electron chi connectivity index (χ4n) is 7.45. The van der Waals surface area contributed by atoms with Crippen LogP contribution >= 0.6 is 0 Å². The molecular weight excluding hydrogens is 734 g/mol. The van der Waals surface area contributed by atoms with E-state index in [4.69, 9.17) is 9.47 Å². The summed E-state index contributed by atoms with van der Waals surface area (Å²) >= 11 is 0. The number of nitrogens with one attached hydrogen (secondary N) is 2. The highest BCUT2D eigenvalue weighted by Crippen LogP contribution is 2.54. The number of carbonyl (C=O) groups is 3. The average molecular weight is 768 g/mol. The molecule has 2 bridgehead atoms. The third-order valence-electron chi connectivity index (χ3n) is 9.89. The minimum Gasteiger partial charge on any atom is -0.491 e. The summed E-state index contributed by atoms with van der Waals surface area (Å²) in [6.45, 7) is 2.80. The number of anilines is 1. The Morgan fingerprint density at radius 2 is 1.61 bits per heavy atom. The Bertz CT molecular complexity index is 1960. The first-order valence-electron chi connectivity index (χ1n) is 16.9. The standard InChI is InChI=1S/C37H33F8N3O6/c38-28-6-1-20(35(51)52)16-24(28)19-2-8-30(54-14-11-48-9-12-53-13-10-48)25(15-19)33(49)47-32-23-5-4-22(26(23)18-36(40,41)42)31(32)34(50)46-21-3-7-29(39)27(17-21)37(43,44)45/h1-3,6-8,15-18,22-23,31-32H,4-5,9-14H2,(H,46,50)(H,47,49)(H,51,52)/b26-18-/t22?,23?,31-,32+/m0/s1. The lowest BCUT2D eigenvalue weighted by Gasteiger charge is -2.30. The second-order valence-electron chi connectivity index (χ2n) is 13.2. The van der Waals surface area contributed by atoms with Crippen molar-refractivity contribution in [2.75, 3.05) is 44.8 Å². The van der Waals surface area contributed by atoms with E-state index >= 15 is 4.39 Å². The van der Waals surface area contributed by atoms with Gasteiger partial charge in [-0.1, -0.05) is 11.6 Å². The highest BCUT2D eigenvalue weighted by molar-refractivity contribution is 6.00. The number of morpholine rings is 1. The monoisotopic (exact) mass is 767 g/mol. The van der Waals surface area contributed by atoms with E-state index in [2.05, 4.69) is 15.5 Å². The van der Waals surface area contributed by atoms with Crippen molar-refractivity contribution < 1.29 is 64.1 Å². The lowest BCUT2D eigenvalue weighted by Crippen LogP contribution is -2.48. The van der Waals surface area contributed by atoms with Crippen LogP contribution < -0.4 is 15.4 Å². The summed E-state index contributed by atoms with van der Waals surface area (Å²) in [5.41, 5.74) is -2.84. The largest absolute Gasteiger partial charge is 0.491 e. The molecule has 3 aromatic rings. The molecule has 1 heterocycles. The van der Waals surface area contributed by atoms with Gasteiger partial charge in [-0.25, -0.2) is 13.6 Å². The number of allylic oxidation sites excluding steroid dienone is 1. The molecule has 2 saturated carbocycles. The summed E-state index contributed by atoms with van der Waals surface area (Å²) in [7, 11) is 0. The van der Waals surface area contributed by atoms with Gasteiger partial charge in [0, 0.05) is 48.9 Å². The Kier molecular flexibility index (Phi) is 11.0. The highest BCUT2D eigenvalue weighted by atomic mass is 19.4. The van der Waals surface area contributed by atoms with Gasteiger partial charge in [0.2, 0.25) is 5.91 Å². The lowest BCUT2D eigenvalue weighted by atomic mass is 9.83. The van der Waals surface area contributed by atoms with Gasteiger partial charge in [-0.05, 0) is 72.9 Å². The number of aromatic carboxylic acids is 1. The number of rotatable bonds is 10. The Morgan fingerprint density at radius 1 is 0.907 bits per heavy atom. The van der Waals surface area contributed by atoms with Crippen LogP contribution in [0.1, 0.15) is 39.1 Å². The van der Waals surface area contributed by atoms with Gasteiger partial charge in [0.05, 0.1) is 35.8 Å². The van der Waals surface area contributed by atoms with Crippen molar-refractivity contribution in [1.29, 1.82) is 0 Å². The molecule has 9 nitrogen and oxygen atoms in total. The van der Waals surface area contributed by atoms with E-state index in [1.807, 2.05) is 0 Å². The van der Waals surface area contributed by atoms with Crippen molar-refractivity contribution in [2.45, 2.75) is 31.2 Å². The molecule has 0 spiro atoms. The number of amides is 2. The number of benzene rings is 3.